The lowest BCUT2D eigenvalue weighted by molar-refractivity contribution is -0.120. The fourth-order valence-corrected chi connectivity index (χ4v) is 4.38. The van der Waals surface area contributed by atoms with Crippen molar-refractivity contribution < 1.29 is 9.53 Å². The highest BCUT2D eigenvalue weighted by Crippen LogP contribution is 2.30. The number of nitrogens with zero attached hydrogens (tertiary/aromatic N) is 4. The van der Waals surface area contributed by atoms with Crippen molar-refractivity contribution in [1.82, 2.24) is 25.1 Å². The molecule has 0 fully saturated rings. The third kappa shape index (κ3) is 5.06. The van der Waals surface area contributed by atoms with E-state index in [9.17, 15) is 4.79 Å². The number of hydrogen-bond acceptors (Lipinski definition) is 5. The number of methoxy groups -OCH3 is 1. The summed E-state index contributed by atoms with van der Waals surface area (Å²) in [4.78, 5) is 21.6. The number of halogens is 1. The molecule has 0 saturated heterocycles. The van der Waals surface area contributed by atoms with Gasteiger partial charge in [0.2, 0.25) is 5.91 Å². The van der Waals surface area contributed by atoms with Crippen LogP contribution in [0.25, 0.3) is 33.5 Å². The molecule has 0 aliphatic heterocycles. The molecule has 180 valence electrons. The molecule has 1 amide bonds. The van der Waals surface area contributed by atoms with Crippen LogP contribution in [0.4, 0.5) is 0 Å². The number of pyridine rings is 1. The summed E-state index contributed by atoms with van der Waals surface area (Å²) in [6.07, 6.45) is 3.71. The first kappa shape index (κ1) is 23.5. The summed E-state index contributed by atoms with van der Waals surface area (Å²) in [5.41, 5.74) is 2.65. The van der Waals surface area contributed by atoms with Gasteiger partial charge in [-0.1, -0.05) is 54.1 Å². The maximum atomic E-state index is 12.7. The second kappa shape index (κ2) is 10.6. The topological polar surface area (TPSA) is 81.9 Å². The third-order valence-electron chi connectivity index (χ3n) is 5.90. The van der Waals surface area contributed by atoms with E-state index in [0.717, 1.165) is 27.5 Å². The van der Waals surface area contributed by atoms with Crippen molar-refractivity contribution in [2.45, 2.75) is 13.0 Å². The van der Waals surface area contributed by atoms with E-state index in [1.807, 2.05) is 48.5 Å². The molecule has 0 spiro atoms. The molecule has 0 bridgehead atoms. The molecule has 5 rings (SSSR count). The molecular weight excluding hydrogens is 474 g/mol. The Hall–Kier alpha value is -4.23. The van der Waals surface area contributed by atoms with Crippen LogP contribution in [0.2, 0.25) is 5.02 Å². The van der Waals surface area contributed by atoms with E-state index in [-0.39, 0.29) is 5.91 Å². The van der Waals surface area contributed by atoms with Gasteiger partial charge >= 0.3 is 0 Å². The van der Waals surface area contributed by atoms with Gasteiger partial charge in [-0.15, -0.1) is 0 Å². The number of carbonyl (C=O) groups excluding carboxylic acids is 1. The molecule has 3 aromatic carbocycles. The third-order valence-corrected chi connectivity index (χ3v) is 6.19. The number of rotatable bonds is 8. The fourth-order valence-electron chi connectivity index (χ4n) is 4.12. The molecule has 0 unspecified atom stereocenters. The molecule has 7 nitrogen and oxygen atoms in total. The summed E-state index contributed by atoms with van der Waals surface area (Å²) in [6.45, 7) is 0.845. The molecule has 5 aromatic rings. The van der Waals surface area contributed by atoms with Gasteiger partial charge in [0.15, 0.2) is 11.6 Å². The normalized spacial score (nSPS) is 10.9. The summed E-state index contributed by atoms with van der Waals surface area (Å²) in [6, 6.07) is 23.3. The van der Waals surface area contributed by atoms with Gasteiger partial charge in [-0.25, -0.2) is 9.67 Å². The number of carbonyl (C=O) groups is 1. The lowest BCUT2D eigenvalue weighted by Crippen LogP contribution is -2.29. The average Bonchev–Trinajstić information content (AvgIpc) is 3.33. The van der Waals surface area contributed by atoms with E-state index in [1.54, 1.807) is 36.3 Å². The highest BCUT2D eigenvalue weighted by Gasteiger charge is 2.16. The van der Waals surface area contributed by atoms with Crippen LogP contribution in [-0.4, -0.2) is 39.3 Å². The second-order valence-corrected chi connectivity index (χ2v) is 8.64. The van der Waals surface area contributed by atoms with Crippen LogP contribution in [-0.2, 0) is 17.8 Å². The predicted octanol–water partition coefficient (Wildman–Crippen LogP) is 5.18. The molecule has 0 radical (unpaired) electrons. The van der Waals surface area contributed by atoms with E-state index < -0.39 is 0 Å². The van der Waals surface area contributed by atoms with Crippen LogP contribution in [0.15, 0.2) is 85.2 Å². The number of fused-ring (bicyclic) bond motifs is 1. The quantitative estimate of drug-likeness (QED) is 0.319. The highest BCUT2D eigenvalue weighted by atomic mass is 35.5. The van der Waals surface area contributed by atoms with Gasteiger partial charge in [-0.05, 0) is 46.7 Å². The Labute approximate surface area is 213 Å². The van der Waals surface area contributed by atoms with Crippen LogP contribution in [0.1, 0.15) is 5.56 Å². The zero-order valence-electron chi connectivity index (χ0n) is 19.7. The standard InChI is InChI=1S/C28H24ClN5O2/c1-36-25-10-9-22(17-24(25)29)28-32-27(20-11-13-30-14-12-20)33-34(28)16-15-31-26(35)18-21-7-4-6-19-5-2-3-8-23(19)21/h2-14,17H,15-16,18H2,1H3,(H,31,35). The van der Waals surface area contributed by atoms with Crippen molar-refractivity contribution in [3.63, 3.8) is 0 Å². The molecule has 0 aliphatic carbocycles. The Morgan fingerprint density at radius 3 is 2.61 bits per heavy atom. The first-order valence-corrected chi connectivity index (χ1v) is 11.9. The molecule has 0 saturated carbocycles. The monoisotopic (exact) mass is 497 g/mol. The summed E-state index contributed by atoms with van der Waals surface area (Å²) >= 11 is 6.37. The number of nitrogens with one attached hydrogen (secondary N) is 1. The van der Waals surface area contributed by atoms with E-state index in [1.165, 1.54) is 0 Å². The van der Waals surface area contributed by atoms with Crippen LogP contribution in [0.3, 0.4) is 0 Å². The maximum Gasteiger partial charge on any atom is 0.224 e. The van der Waals surface area contributed by atoms with Crippen molar-refractivity contribution in [3.8, 4) is 28.5 Å². The van der Waals surface area contributed by atoms with Crippen LogP contribution in [0.5, 0.6) is 5.75 Å². The van der Waals surface area contributed by atoms with Crippen molar-refractivity contribution in [3.05, 3.63) is 95.8 Å². The molecular formula is C28H24ClN5O2. The fraction of sp³-hybridized carbons (Fsp3) is 0.143. The molecule has 36 heavy (non-hydrogen) atoms. The molecule has 0 atom stereocenters. The van der Waals surface area contributed by atoms with Crippen molar-refractivity contribution in [1.29, 1.82) is 0 Å². The van der Waals surface area contributed by atoms with Crippen LogP contribution >= 0.6 is 11.6 Å². The molecule has 1 N–H and O–H groups in total. The van der Waals surface area contributed by atoms with E-state index >= 15 is 0 Å². The van der Waals surface area contributed by atoms with Crippen molar-refractivity contribution in [2.24, 2.45) is 0 Å². The van der Waals surface area contributed by atoms with E-state index in [4.69, 9.17) is 26.4 Å². The minimum absolute atomic E-state index is 0.0464. The number of aromatic nitrogens is 4. The SMILES string of the molecule is COc1ccc(-c2nc(-c3ccncc3)nn2CCNC(=O)Cc2cccc3ccccc23)cc1Cl. The zero-order chi connectivity index (χ0) is 24.9. The Kier molecular flexibility index (Phi) is 6.91. The first-order chi connectivity index (χ1) is 17.6. The van der Waals surface area contributed by atoms with Gasteiger partial charge in [0.05, 0.1) is 25.1 Å². The average molecular weight is 498 g/mol. The van der Waals surface area contributed by atoms with Gasteiger partial charge in [0.1, 0.15) is 5.75 Å². The summed E-state index contributed by atoms with van der Waals surface area (Å²) in [5.74, 6) is 1.76. The molecule has 2 aromatic heterocycles. The van der Waals surface area contributed by atoms with Crippen molar-refractivity contribution >= 4 is 28.3 Å². The minimum atomic E-state index is -0.0464. The smallest absolute Gasteiger partial charge is 0.224 e. The molecule has 2 heterocycles. The van der Waals surface area contributed by atoms with Gasteiger partial charge in [-0.2, -0.15) is 5.10 Å². The number of benzene rings is 3. The first-order valence-electron chi connectivity index (χ1n) is 11.5. The number of ether oxygens (including phenoxy) is 1. The zero-order valence-corrected chi connectivity index (χ0v) is 20.4. The molecule has 0 aliphatic rings. The molecule has 8 heteroatoms. The van der Waals surface area contributed by atoms with Crippen LogP contribution in [0, 0.1) is 0 Å². The van der Waals surface area contributed by atoms with E-state index in [2.05, 4.69) is 22.4 Å². The highest BCUT2D eigenvalue weighted by molar-refractivity contribution is 6.32. The minimum Gasteiger partial charge on any atom is -0.495 e. The number of amides is 1. The summed E-state index contributed by atoms with van der Waals surface area (Å²) in [7, 11) is 1.58. The Morgan fingerprint density at radius 1 is 1.00 bits per heavy atom. The Balaban J connectivity index is 1.34. The van der Waals surface area contributed by atoms with Crippen molar-refractivity contribution in [2.75, 3.05) is 13.7 Å². The van der Waals surface area contributed by atoms with E-state index in [0.29, 0.717) is 41.9 Å². The van der Waals surface area contributed by atoms with Crippen LogP contribution < -0.4 is 10.1 Å². The Morgan fingerprint density at radius 2 is 1.81 bits per heavy atom. The van der Waals surface area contributed by atoms with Gasteiger partial charge in [0, 0.05) is 30.1 Å². The lowest BCUT2D eigenvalue weighted by atomic mass is 10.0. The lowest BCUT2D eigenvalue weighted by Gasteiger charge is -2.10. The number of hydrogen-bond donors (Lipinski definition) is 1. The summed E-state index contributed by atoms with van der Waals surface area (Å²) < 4.78 is 7.06. The predicted molar refractivity (Wildman–Crippen MR) is 141 cm³/mol. The largest absolute Gasteiger partial charge is 0.495 e. The summed E-state index contributed by atoms with van der Waals surface area (Å²) in [5, 5.41) is 10.4. The maximum absolute atomic E-state index is 12.7. The Bertz CT molecular complexity index is 1510. The van der Waals surface area contributed by atoms with Gasteiger partial charge in [-0.3, -0.25) is 9.78 Å². The second-order valence-electron chi connectivity index (χ2n) is 8.23. The van der Waals surface area contributed by atoms with Gasteiger partial charge in [0.25, 0.3) is 0 Å². The van der Waals surface area contributed by atoms with Gasteiger partial charge < -0.3 is 10.1 Å².